The molecule has 0 fully saturated rings. The summed E-state index contributed by atoms with van der Waals surface area (Å²) < 4.78 is 22.8. The molecule has 1 aromatic carbocycles. The van der Waals surface area contributed by atoms with Crippen LogP contribution in [-0.4, -0.2) is 25.8 Å². The minimum Gasteiger partial charge on any atom is -0.351 e. The van der Waals surface area contributed by atoms with Crippen LogP contribution in [0.3, 0.4) is 0 Å². The quantitative estimate of drug-likeness (QED) is 0.868. The first-order valence-electron chi connectivity index (χ1n) is 5.64. The molecular formula is C12H16ClNO3S. The first-order valence-corrected chi connectivity index (χ1v) is 7.84. The van der Waals surface area contributed by atoms with Gasteiger partial charge in [0, 0.05) is 11.6 Å². The zero-order valence-corrected chi connectivity index (χ0v) is 11.7. The lowest BCUT2D eigenvalue weighted by Crippen LogP contribution is -2.30. The molecule has 0 radical (unpaired) electrons. The maximum atomic E-state index is 11.5. The van der Waals surface area contributed by atoms with Crippen LogP contribution in [0.25, 0.3) is 0 Å². The molecule has 6 heteroatoms. The van der Waals surface area contributed by atoms with Gasteiger partial charge in [0.15, 0.2) is 9.84 Å². The van der Waals surface area contributed by atoms with E-state index in [1.54, 1.807) is 31.2 Å². The summed E-state index contributed by atoms with van der Waals surface area (Å²) in [5.41, 5.74) is 0.876. The second kappa shape index (κ2) is 6.75. The Bertz CT molecular complexity index is 497. The largest absolute Gasteiger partial charge is 0.351 e. The van der Waals surface area contributed by atoms with Crippen molar-refractivity contribution in [3.05, 3.63) is 34.9 Å². The smallest absolute Gasteiger partial charge is 0.235 e. The monoisotopic (exact) mass is 289 g/mol. The summed E-state index contributed by atoms with van der Waals surface area (Å²) in [6.45, 7) is 2.07. The summed E-state index contributed by atoms with van der Waals surface area (Å²) in [5.74, 6) is -0.881. The van der Waals surface area contributed by atoms with Crippen LogP contribution in [0.15, 0.2) is 24.3 Å². The number of amides is 1. The van der Waals surface area contributed by atoms with Crippen LogP contribution < -0.4 is 5.32 Å². The van der Waals surface area contributed by atoms with Gasteiger partial charge in [0.05, 0.1) is 5.75 Å². The van der Waals surface area contributed by atoms with E-state index >= 15 is 0 Å². The maximum absolute atomic E-state index is 11.5. The number of hydrogen-bond donors (Lipinski definition) is 1. The molecule has 18 heavy (non-hydrogen) atoms. The van der Waals surface area contributed by atoms with Gasteiger partial charge in [-0.2, -0.15) is 0 Å². The summed E-state index contributed by atoms with van der Waals surface area (Å²) >= 11 is 5.73. The molecule has 1 amide bonds. The van der Waals surface area contributed by atoms with Crippen LogP contribution in [0.4, 0.5) is 0 Å². The molecule has 0 aliphatic carbocycles. The summed E-state index contributed by atoms with van der Waals surface area (Å²) in [6.07, 6.45) is 0.521. The fourth-order valence-electron chi connectivity index (χ4n) is 1.44. The van der Waals surface area contributed by atoms with Crippen molar-refractivity contribution in [2.75, 3.05) is 11.5 Å². The highest BCUT2D eigenvalue weighted by atomic mass is 35.5. The van der Waals surface area contributed by atoms with E-state index in [9.17, 15) is 13.2 Å². The first-order chi connectivity index (χ1) is 8.43. The van der Waals surface area contributed by atoms with Gasteiger partial charge in [0.2, 0.25) is 5.91 Å². The van der Waals surface area contributed by atoms with Gasteiger partial charge in [-0.3, -0.25) is 4.79 Å². The highest BCUT2D eigenvalue weighted by Gasteiger charge is 2.14. The minimum absolute atomic E-state index is 0.0430. The molecule has 0 aliphatic heterocycles. The third-order valence-corrected chi connectivity index (χ3v) is 4.25. The molecular weight excluding hydrogens is 274 g/mol. The van der Waals surface area contributed by atoms with Gasteiger partial charge < -0.3 is 5.32 Å². The number of halogens is 1. The Hall–Kier alpha value is -1.07. The van der Waals surface area contributed by atoms with E-state index in [1.807, 2.05) is 0 Å². The molecule has 0 aromatic heterocycles. The molecule has 0 spiro atoms. The lowest BCUT2D eigenvalue weighted by molar-refractivity contribution is -0.118. The number of carbonyl (C=O) groups excluding carboxylic acids is 1. The number of hydrogen-bond acceptors (Lipinski definition) is 3. The molecule has 1 rings (SSSR count). The highest BCUT2D eigenvalue weighted by molar-refractivity contribution is 7.92. The molecule has 0 unspecified atom stereocenters. The Balaban J connectivity index is 2.44. The summed E-state index contributed by atoms with van der Waals surface area (Å²) in [5, 5.41) is 3.19. The zero-order chi connectivity index (χ0) is 13.6. The zero-order valence-electron chi connectivity index (χ0n) is 10.1. The van der Waals surface area contributed by atoms with E-state index in [0.29, 0.717) is 18.0 Å². The Morgan fingerprint density at radius 3 is 2.44 bits per heavy atom. The summed E-state index contributed by atoms with van der Waals surface area (Å²) in [7, 11) is -3.28. The van der Waals surface area contributed by atoms with Crippen molar-refractivity contribution in [3.8, 4) is 0 Å². The molecule has 1 aromatic rings. The van der Waals surface area contributed by atoms with Gasteiger partial charge in [0.1, 0.15) is 5.75 Å². The fourth-order valence-corrected chi connectivity index (χ4v) is 2.83. The van der Waals surface area contributed by atoms with Gasteiger partial charge >= 0.3 is 0 Å². The van der Waals surface area contributed by atoms with Crippen LogP contribution in [0.5, 0.6) is 0 Å². The van der Waals surface area contributed by atoms with Crippen molar-refractivity contribution in [2.24, 2.45) is 0 Å². The molecule has 0 heterocycles. The second-order valence-corrected chi connectivity index (χ2v) is 6.62. The molecule has 100 valence electrons. The van der Waals surface area contributed by atoms with Gasteiger partial charge in [-0.05, 0) is 24.1 Å². The summed E-state index contributed by atoms with van der Waals surface area (Å²) in [4.78, 5) is 11.5. The predicted molar refractivity (Wildman–Crippen MR) is 72.2 cm³/mol. The van der Waals surface area contributed by atoms with Crippen LogP contribution in [0, 0.1) is 0 Å². The Labute approximate surface area is 112 Å². The van der Waals surface area contributed by atoms with Gasteiger partial charge in [-0.1, -0.05) is 30.7 Å². The van der Waals surface area contributed by atoms with Crippen LogP contribution in [-0.2, 0) is 21.2 Å². The lowest BCUT2D eigenvalue weighted by Gasteiger charge is -2.06. The van der Waals surface area contributed by atoms with Crippen LogP contribution >= 0.6 is 11.6 Å². The van der Waals surface area contributed by atoms with Crippen LogP contribution in [0.1, 0.15) is 18.9 Å². The first kappa shape index (κ1) is 15.0. The average molecular weight is 290 g/mol. The highest BCUT2D eigenvalue weighted by Crippen LogP contribution is 2.09. The average Bonchev–Trinajstić information content (AvgIpc) is 2.27. The van der Waals surface area contributed by atoms with E-state index in [4.69, 9.17) is 11.6 Å². The number of carbonyl (C=O) groups is 1. The van der Waals surface area contributed by atoms with Crippen molar-refractivity contribution < 1.29 is 13.2 Å². The molecule has 0 aliphatic rings. The summed E-state index contributed by atoms with van der Waals surface area (Å²) in [6, 6.07) is 7.00. The molecule has 0 saturated heterocycles. The number of rotatable bonds is 6. The van der Waals surface area contributed by atoms with E-state index < -0.39 is 21.5 Å². The number of benzene rings is 1. The predicted octanol–water partition coefficient (Wildman–Crippen LogP) is 1.78. The van der Waals surface area contributed by atoms with Crippen molar-refractivity contribution in [1.29, 1.82) is 0 Å². The Morgan fingerprint density at radius 2 is 1.89 bits per heavy atom. The van der Waals surface area contributed by atoms with Gasteiger partial charge in [0.25, 0.3) is 0 Å². The third-order valence-electron chi connectivity index (χ3n) is 2.27. The Morgan fingerprint density at radius 1 is 1.28 bits per heavy atom. The SMILES string of the molecule is CCCS(=O)(=O)CC(=O)NCc1ccc(Cl)cc1. The normalized spacial score (nSPS) is 11.2. The minimum atomic E-state index is -3.28. The van der Waals surface area contributed by atoms with Gasteiger partial charge in [-0.25, -0.2) is 8.42 Å². The topological polar surface area (TPSA) is 63.2 Å². The van der Waals surface area contributed by atoms with Gasteiger partial charge in [-0.15, -0.1) is 0 Å². The second-order valence-electron chi connectivity index (χ2n) is 4.00. The fraction of sp³-hybridized carbons (Fsp3) is 0.417. The van der Waals surface area contributed by atoms with E-state index in [-0.39, 0.29) is 5.75 Å². The standard InChI is InChI=1S/C12H16ClNO3S/c1-2-7-18(16,17)9-12(15)14-8-10-3-5-11(13)6-4-10/h3-6H,2,7-9H2,1H3,(H,14,15). The van der Waals surface area contributed by atoms with Crippen molar-refractivity contribution >= 4 is 27.3 Å². The number of sulfone groups is 1. The van der Waals surface area contributed by atoms with Crippen molar-refractivity contribution in [3.63, 3.8) is 0 Å². The molecule has 0 bridgehead atoms. The molecule has 0 atom stereocenters. The molecule has 0 saturated carbocycles. The van der Waals surface area contributed by atoms with Crippen LogP contribution in [0.2, 0.25) is 5.02 Å². The van der Waals surface area contributed by atoms with Crippen molar-refractivity contribution in [2.45, 2.75) is 19.9 Å². The van der Waals surface area contributed by atoms with Crippen molar-refractivity contribution in [1.82, 2.24) is 5.32 Å². The third kappa shape index (κ3) is 5.51. The molecule has 1 N–H and O–H groups in total. The molecule has 4 nitrogen and oxygen atoms in total. The number of nitrogens with one attached hydrogen (secondary N) is 1. The maximum Gasteiger partial charge on any atom is 0.235 e. The van der Waals surface area contributed by atoms with E-state index in [2.05, 4.69) is 5.32 Å². The Kier molecular flexibility index (Phi) is 5.62. The van der Waals surface area contributed by atoms with E-state index in [1.165, 1.54) is 0 Å². The lowest BCUT2D eigenvalue weighted by atomic mass is 10.2. The van der Waals surface area contributed by atoms with E-state index in [0.717, 1.165) is 5.56 Å².